The SMILES string of the molecule is CC1CCCC=C1NC1CCCCC1. The van der Waals surface area contributed by atoms with Crippen molar-refractivity contribution in [2.75, 3.05) is 0 Å². The van der Waals surface area contributed by atoms with Crippen molar-refractivity contribution in [2.24, 2.45) is 5.92 Å². The summed E-state index contributed by atoms with van der Waals surface area (Å²) in [4.78, 5) is 0. The molecule has 0 aromatic carbocycles. The van der Waals surface area contributed by atoms with Crippen LogP contribution >= 0.6 is 0 Å². The molecule has 0 amide bonds. The van der Waals surface area contributed by atoms with Crippen LogP contribution in [-0.2, 0) is 0 Å². The van der Waals surface area contributed by atoms with Gasteiger partial charge in [-0.15, -0.1) is 0 Å². The zero-order chi connectivity index (χ0) is 9.80. The smallest absolute Gasteiger partial charge is 0.0258 e. The second-order valence-electron chi connectivity index (χ2n) is 4.97. The van der Waals surface area contributed by atoms with Gasteiger partial charge in [-0.1, -0.05) is 32.3 Å². The Morgan fingerprint density at radius 2 is 1.86 bits per heavy atom. The van der Waals surface area contributed by atoms with Crippen LogP contribution in [0.1, 0.15) is 58.3 Å². The maximum absolute atomic E-state index is 3.77. The molecule has 1 nitrogen and oxygen atoms in total. The summed E-state index contributed by atoms with van der Waals surface area (Å²) in [6, 6.07) is 0.788. The molecular weight excluding hydrogens is 170 g/mol. The third-order valence-corrected chi connectivity index (χ3v) is 3.71. The average Bonchev–Trinajstić information content (AvgIpc) is 2.23. The van der Waals surface area contributed by atoms with Gasteiger partial charge in [-0.2, -0.15) is 0 Å². The first-order chi connectivity index (χ1) is 6.86. The van der Waals surface area contributed by atoms with Gasteiger partial charge in [-0.05, 0) is 38.0 Å². The van der Waals surface area contributed by atoms with Gasteiger partial charge in [0.1, 0.15) is 0 Å². The molecule has 0 aromatic heterocycles. The lowest BCUT2D eigenvalue weighted by Crippen LogP contribution is -2.33. The zero-order valence-corrected chi connectivity index (χ0v) is 9.39. The molecule has 0 spiro atoms. The van der Waals surface area contributed by atoms with E-state index in [9.17, 15) is 0 Å². The lowest BCUT2D eigenvalue weighted by atomic mass is 9.91. The Labute approximate surface area is 88.0 Å². The van der Waals surface area contributed by atoms with Crippen LogP contribution < -0.4 is 5.32 Å². The second-order valence-corrected chi connectivity index (χ2v) is 4.97. The van der Waals surface area contributed by atoms with Crippen molar-refractivity contribution >= 4 is 0 Å². The van der Waals surface area contributed by atoms with Crippen molar-refractivity contribution in [2.45, 2.75) is 64.3 Å². The van der Waals surface area contributed by atoms with Crippen LogP contribution in [0.3, 0.4) is 0 Å². The van der Waals surface area contributed by atoms with Crippen LogP contribution in [0, 0.1) is 5.92 Å². The van der Waals surface area contributed by atoms with Gasteiger partial charge in [0.25, 0.3) is 0 Å². The molecule has 2 aliphatic carbocycles. The highest BCUT2D eigenvalue weighted by molar-refractivity contribution is 5.08. The van der Waals surface area contributed by atoms with E-state index in [1.807, 2.05) is 0 Å². The fraction of sp³-hybridized carbons (Fsp3) is 0.846. The topological polar surface area (TPSA) is 12.0 Å². The van der Waals surface area contributed by atoms with Gasteiger partial charge in [-0.25, -0.2) is 0 Å². The third-order valence-electron chi connectivity index (χ3n) is 3.71. The molecule has 80 valence electrons. The molecule has 1 heteroatoms. The predicted molar refractivity (Wildman–Crippen MR) is 61.1 cm³/mol. The maximum Gasteiger partial charge on any atom is 0.0258 e. The van der Waals surface area contributed by atoms with Gasteiger partial charge in [0.05, 0.1) is 0 Å². The minimum absolute atomic E-state index is 0.783. The first kappa shape index (κ1) is 10.1. The average molecular weight is 193 g/mol. The molecule has 1 fully saturated rings. The molecule has 1 N–H and O–H groups in total. The normalized spacial score (nSPS) is 29.8. The highest BCUT2D eigenvalue weighted by Gasteiger charge is 2.18. The van der Waals surface area contributed by atoms with Crippen molar-refractivity contribution in [3.05, 3.63) is 11.8 Å². The van der Waals surface area contributed by atoms with E-state index in [-0.39, 0.29) is 0 Å². The molecule has 0 radical (unpaired) electrons. The van der Waals surface area contributed by atoms with Gasteiger partial charge in [0.2, 0.25) is 0 Å². The molecular formula is C13H23N. The Morgan fingerprint density at radius 3 is 2.57 bits per heavy atom. The number of rotatable bonds is 2. The summed E-state index contributed by atoms with van der Waals surface area (Å²) in [5.74, 6) is 0.783. The minimum atomic E-state index is 0.783. The number of hydrogen-bond donors (Lipinski definition) is 1. The summed E-state index contributed by atoms with van der Waals surface area (Å²) in [7, 11) is 0. The van der Waals surface area contributed by atoms with Crippen LogP contribution in [0.5, 0.6) is 0 Å². The fourth-order valence-corrected chi connectivity index (χ4v) is 2.72. The van der Waals surface area contributed by atoms with E-state index in [1.165, 1.54) is 51.4 Å². The first-order valence-electron chi connectivity index (χ1n) is 6.33. The van der Waals surface area contributed by atoms with E-state index in [0.29, 0.717) is 0 Å². The summed E-state index contributed by atoms with van der Waals surface area (Å²) in [5, 5.41) is 3.77. The van der Waals surface area contributed by atoms with E-state index in [4.69, 9.17) is 0 Å². The van der Waals surface area contributed by atoms with E-state index >= 15 is 0 Å². The van der Waals surface area contributed by atoms with Gasteiger partial charge < -0.3 is 5.32 Å². The van der Waals surface area contributed by atoms with E-state index < -0.39 is 0 Å². The molecule has 1 saturated carbocycles. The minimum Gasteiger partial charge on any atom is -0.386 e. The van der Waals surface area contributed by atoms with Crippen molar-refractivity contribution in [1.29, 1.82) is 0 Å². The van der Waals surface area contributed by atoms with Crippen LogP contribution in [-0.4, -0.2) is 6.04 Å². The zero-order valence-electron chi connectivity index (χ0n) is 9.39. The standard InChI is InChI=1S/C13H23N/c1-11-7-5-6-10-13(11)14-12-8-3-2-4-9-12/h10-12,14H,2-9H2,1H3. The molecule has 1 atom stereocenters. The number of nitrogens with one attached hydrogen (secondary N) is 1. The fourth-order valence-electron chi connectivity index (χ4n) is 2.72. The number of hydrogen-bond acceptors (Lipinski definition) is 1. The molecule has 0 aromatic rings. The third kappa shape index (κ3) is 2.52. The summed E-state index contributed by atoms with van der Waals surface area (Å²) in [6.07, 6.45) is 13.6. The predicted octanol–water partition coefficient (Wildman–Crippen LogP) is 3.61. The first-order valence-corrected chi connectivity index (χ1v) is 6.33. The number of allylic oxidation sites excluding steroid dienone is 2. The van der Waals surface area contributed by atoms with Crippen molar-refractivity contribution < 1.29 is 0 Å². The molecule has 2 aliphatic rings. The Bertz CT molecular complexity index is 201. The van der Waals surface area contributed by atoms with E-state index in [0.717, 1.165) is 12.0 Å². The highest BCUT2D eigenvalue weighted by Crippen LogP contribution is 2.25. The second kappa shape index (κ2) is 4.86. The highest BCUT2D eigenvalue weighted by atomic mass is 14.9. The largest absolute Gasteiger partial charge is 0.386 e. The van der Waals surface area contributed by atoms with Gasteiger partial charge >= 0.3 is 0 Å². The molecule has 1 unspecified atom stereocenters. The Hall–Kier alpha value is -0.460. The van der Waals surface area contributed by atoms with E-state index in [2.05, 4.69) is 18.3 Å². The molecule has 0 saturated heterocycles. The Kier molecular flexibility index (Phi) is 3.49. The molecule has 0 bridgehead atoms. The summed E-state index contributed by atoms with van der Waals surface area (Å²) < 4.78 is 0. The van der Waals surface area contributed by atoms with E-state index in [1.54, 1.807) is 5.70 Å². The summed E-state index contributed by atoms with van der Waals surface area (Å²) in [5.41, 5.74) is 1.54. The van der Waals surface area contributed by atoms with Crippen LogP contribution in [0.2, 0.25) is 0 Å². The summed E-state index contributed by atoms with van der Waals surface area (Å²) in [6.45, 7) is 2.36. The maximum atomic E-state index is 3.77. The summed E-state index contributed by atoms with van der Waals surface area (Å²) >= 11 is 0. The van der Waals surface area contributed by atoms with Crippen molar-refractivity contribution in [1.82, 2.24) is 5.32 Å². The van der Waals surface area contributed by atoms with Crippen LogP contribution in [0.15, 0.2) is 11.8 Å². The van der Waals surface area contributed by atoms with Crippen molar-refractivity contribution in [3.63, 3.8) is 0 Å². The molecule has 0 aliphatic heterocycles. The monoisotopic (exact) mass is 193 g/mol. The Morgan fingerprint density at radius 1 is 1.07 bits per heavy atom. The van der Waals surface area contributed by atoms with Crippen LogP contribution in [0.25, 0.3) is 0 Å². The quantitative estimate of drug-likeness (QED) is 0.706. The molecule has 0 heterocycles. The van der Waals surface area contributed by atoms with Crippen LogP contribution in [0.4, 0.5) is 0 Å². The lowest BCUT2D eigenvalue weighted by molar-refractivity contribution is 0.372. The Balaban J connectivity index is 1.85. The van der Waals surface area contributed by atoms with Crippen molar-refractivity contribution in [3.8, 4) is 0 Å². The van der Waals surface area contributed by atoms with Gasteiger partial charge in [0.15, 0.2) is 0 Å². The molecule has 2 rings (SSSR count). The lowest BCUT2D eigenvalue weighted by Gasteiger charge is -2.29. The van der Waals surface area contributed by atoms with Gasteiger partial charge in [-0.3, -0.25) is 0 Å². The molecule has 14 heavy (non-hydrogen) atoms. The van der Waals surface area contributed by atoms with Gasteiger partial charge in [0, 0.05) is 11.7 Å².